The average Bonchev–Trinajstić information content (AvgIpc) is 2.47. The number of hydrogen-bond acceptors (Lipinski definition) is 4. The first kappa shape index (κ1) is 16.2. The number of carbonyl (C=O) groups excluding carboxylic acids is 1. The number of aromatic carboxylic acids is 1. The van der Waals surface area contributed by atoms with E-state index in [1.807, 2.05) is 6.92 Å². The highest BCUT2D eigenvalue weighted by Crippen LogP contribution is 2.13. The normalized spacial score (nSPS) is 11.9. The summed E-state index contributed by atoms with van der Waals surface area (Å²) in [5, 5.41) is 18.2. The van der Waals surface area contributed by atoms with Gasteiger partial charge < -0.3 is 14.9 Å². The third kappa shape index (κ3) is 4.66. The van der Waals surface area contributed by atoms with E-state index in [-0.39, 0.29) is 30.3 Å². The van der Waals surface area contributed by atoms with Gasteiger partial charge in [0, 0.05) is 12.5 Å². The summed E-state index contributed by atoms with van der Waals surface area (Å²) in [7, 11) is 0. The summed E-state index contributed by atoms with van der Waals surface area (Å²) >= 11 is 0. The molecule has 0 radical (unpaired) electrons. The lowest BCUT2D eigenvalue weighted by molar-refractivity contribution is 0.0369. The monoisotopic (exact) mass is 280 g/mol. The molecule has 0 aliphatic carbocycles. The van der Waals surface area contributed by atoms with E-state index in [1.54, 1.807) is 12.1 Å². The Balaban J connectivity index is 2.65. The Labute approximate surface area is 118 Å². The van der Waals surface area contributed by atoms with Gasteiger partial charge >= 0.3 is 11.9 Å². The van der Waals surface area contributed by atoms with Crippen molar-refractivity contribution < 1.29 is 24.5 Å². The maximum Gasteiger partial charge on any atom is 0.339 e. The van der Waals surface area contributed by atoms with Crippen molar-refractivity contribution in [3.05, 3.63) is 35.4 Å². The van der Waals surface area contributed by atoms with Crippen molar-refractivity contribution in [3.63, 3.8) is 0 Å². The van der Waals surface area contributed by atoms with Crippen LogP contribution in [-0.2, 0) is 4.74 Å². The number of unbranched alkanes of at least 4 members (excludes halogenated alkanes) is 1. The van der Waals surface area contributed by atoms with Gasteiger partial charge in [-0.2, -0.15) is 0 Å². The van der Waals surface area contributed by atoms with E-state index in [9.17, 15) is 14.7 Å². The van der Waals surface area contributed by atoms with Crippen LogP contribution in [-0.4, -0.2) is 35.4 Å². The predicted octanol–water partition coefficient (Wildman–Crippen LogP) is 2.34. The molecule has 0 bridgehead atoms. The summed E-state index contributed by atoms with van der Waals surface area (Å²) in [5.41, 5.74) is -0.0428. The van der Waals surface area contributed by atoms with Crippen LogP contribution < -0.4 is 0 Å². The Kier molecular flexibility index (Phi) is 6.73. The molecule has 0 aliphatic rings. The maximum atomic E-state index is 11.9. The quantitative estimate of drug-likeness (QED) is 0.714. The number of carboxylic acids is 1. The zero-order chi connectivity index (χ0) is 15.0. The smallest absolute Gasteiger partial charge is 0.339 e. The molecule has 0 aliphatic heterocycles. The fraction of sp³-hybridized carbons (Fsp3) is 0.467. The number of ether oxygens (including phenoxy) is 1. The van der Waals surface area contributed by atoms with E-state index in [2.05, 4.69) is 0 Å². The fourth-order valence-corrected chi connectivity index (χ4v) is 1.84. The Morgan fingerprint density at radius 2 is 1.90 bits per heavy atom. The number of rotatable bonds is 8. The number of aliphatic hydroxyl groups excluding tert-OH is 1. The fourth-order valence-electron chi connectivity index (χ4n) is 1.84. The van der Waals surface area contributed by atoms with Gasteiger partial charge in [0.25, 0.3) is 0 Å². The van der Waals surface area contributed by atoms with E-state index in [0.29, 0.717) is 0 Å². The summed E-state index contributed by atoms with van der Waals surface area (Å²) < 4.78 is 5.11. The van der Waals surface area contributed by atoms with Crippen molar-refractivity contribution in [2.75, 3.05) is 13.2 Å². The van der Waals surface area contributed by atoms with Gasteiger partial charge in [0.2, 0.25) is 0 Å². The number of benzene rings is 1. The Hall–Kier alpha value is -1.88. The molecular weight excluding hydrogens is 260 g/mol. The highest BCUT2D eigenvalue weighted by Gasteiger charge is 2.18. The minimum Gasteiger partial charge on any atom is -0.478 e. The van der Waals surface area contributed by atoms with Gasteiger partial charge in [-0.05, 0) is 18.6 Å². The first-order chi connectivity index (χ1) is 9.60. The third-order valence-electron chi connectivity index (χ3n) is 3.05. The second-order valence-electron chi connectivity index (χ2n) is 4.64. The topological polar surface area (TPSA) is 83.8 Å². The highest BCUT2D eigenvalue weighted by molar-refractivity contribution is 6.02. The number of esters is 1. The predicted molar refractivity (Wildman–Crippen MR) is 73.8 cm³/mol. The SMILES string of the molecule is CCCCC(CO)COC(=O)c1ccccc1C(=O)O. The highest BCUT2D eigenvalue weighted by atomic mass is 16.5. The Morgan fingerprint density at radius 3 is 2.45 bits per heavy atom. The summed E-state index contributed by atoms with van der Waals surface area (Å²) in [6.45, 7) is 2.10. The molecule has 1 unspecified atom stereocenters. The maximum absolute atomic E-state index is 11.9. The second kappa shape index (κ2) is 8.32. The molecule has 1 rings (SSSR count). The average molecular weight is 280 g/mol. The lowest BCUT2D eigenvalue weighted by Crippen LogP contribution is -2.19. The van der Waals surface area contributed by atoms with E-state index in [1.165, 1.54) is 12.1 Å². The van der Waals surface area contributed by atoms with Gasteiger partial charge in [0.05, 0.1) is 17.7 Å². The lowest BCUT2D eigenvalue weighted by atomic mass is 10.0. The van der Waals surface area contributed by atoms with Gasteiger partial charge in [-0.3, -0.25) is 0 Å². The summed E-state index contributed by atoms with van der Waals surface area (Å²) in [6.07, 6.45) is 2.74. The van der Waals surface area contributed by atoms with Crippen LogP contribution in [0, 0.1) is 5.92 Å². The molecule has 0 saturated heterocycles. The molecule has 0 aromatic heterocycles. The standard InChI is InChI=1S/C15H20O5/c1-2-3-6-11(9-16)10-20-15(19)13-8-5-4-7-12(13)14(17)18/h4-5,7-8,11,16H,2-3,6,9-10H2,1H3,(H,17,18). The van der Waals surface area contributed by atoms with Gasteiger partial charge in [0.15, 0.2) is 0 Å². The van der Waals surface area contributed by atoms with Crippen LogP contribution in [0.5, 0.6) is 0 Å². The van der Waals surface area contributed by atoms with Crippen molar-refractivity contribution in [1.82, 2.24) is 0 Å². The van der Waals surface area contributed by atoms with Crippen LogP contribution in [0.1, 0.15) is 46.9 Å². The molecule has 0 amide bonds. The van der Waals surface area contributed by atoms with Crippen molar-refractivity contribution >= 4 is 11.9 Å². The zero-order valence-corrected chi connectivity index (χ0v) is 11.5. The molecule has 1 aromatic carbocycles. The third-order valence-corrected chi connectivity index (χ3v) is 3.05. The molecule has 20 heavy (non-hydrogen) atoms. The molecule has 1 aromatic rings. The number of hydrogen-bond donors (Lipinski definition) is 2. The summed E-state index contributed by atoms with van der Waals surface area (Å²) in [6, 6.07) is 5.92. The van der Waals surface area contributed by atoms with Crippen molar-refractivity contribution in [3.8, 4) is 0 Å². The summed E-state index contributed by atoms with van der Waals surface area (Å²) in [4.78, 5) is 22.9. The van der Waals surface area contributed by atoms with Crippen molar-refractivity contribution in [2.24, 2.45) is 5.92 Å². The van der Waals surface area contributed by atoms with E-state index < -0.39 is 11.9 Å². The lowest BCUT2D eigenvalue weighted by Gasteiger charge is -2.14. The molecule has 0 spiro atoms. The van der Waals surface area contributed by atoms with Crippen molar-refractivity contribution in [2.45, 2.75) is 26.2 Å². The van der Waals surface area contributed by atoms with Gasteiger partial charge in [-0.15, -0.1) is 0 Å². The molecule has 0 fully saturated rings. The molecule has 0 saturated carbocycles. The minimum absolute atomic E-state index is 0.0344. The van der Waals surface area contributed by atoms with Gasteiger partial charge in [-0.25, -0.2) is 9.59 Å². The van der Waals surface area contributed by atoms with Crippen molar-refractivity contribution in [1.29, 1.82) is 0 Å². The van der Waals surface area contributed by atoms with E-state index in [0.717, 1.165) is 19.3 Å². The number of carboxylic acid groups (broad SMARTS) is 1. The first-order valence-corrected chi connectivity index (χ1v) is 6.70. The van der Waals surface area contributed by atoms with Gasteiger partial charge in [0.1, 0.15) is 0 Å². The minimum atomic E-state index is -1.16. The second-order valence-corrected chi connectivity index (χ2v) is 4.64. The Morgan fingerprint density at radius 1 is 1.25 bits per heavy atom. The molecule has 110 valence electrons. The molecular formula is C15H20O5. The van der Waals surface area contributed by atoms with Gasteiger partial charge in [-0.1, -0.05) is 31.9 Å². The van der Waals surface area contributed by atoms with Crippen LogP contribution in [0.15, 0.2) is 24.3 Å². The zero-order valence-electron chi connectivity index (χ0n) is 11.5. The Bertz CT molecular complexity index is 455. The van der Waals surface area contributed by atoms with Crippen LogP contribution >= 0.6 is 0 Å². The molecule has 5 heteroatoms. The molecule has 5 nitrogen and oxygen atoms in total. The van der Waals surface area contributed by atoms with E-state index >= 15 is 0 Å². The molecule has 0 heterocycles. The van der Waals surface area contributed by atoms with Crippen LogP contribution in [0.4, 0.5) is 0 Å². The first-order valence-electron chi connectivity index (χ1n) is 6.70. The number of aliphatic hydroxyl groups is 1. The molecule has 2 N–H and O–H groups in total. The van der Waals surface area contributed by atoms with E-state index in [4.69, 9.17) is 9.84 Å². The van der Waals surface area contributed by atoms with Crippen LogP contribution in [0.25, 0.3) is 0 Å². The summed E-state index contributed by atoms with van der Waals surface area (Å²) in [5.74, 6) is -1.93. The van der Waals surface area contributed by atoms with Crippen LogP contribution in [0.3, 0.4) is 0 Å². The van der Waals surface area contributed by atoms with Crippen LogP contribution in [0.2, 0.25) is 0 Å². The number of carbonyl (C=O) groups is 2. The largest absolute Gasteiger partial charge is 0.478 e. The molecule has 1 atom stereocenters.